The third-order valence-electron chi connectivity index (χ3n) is 3.26. The minimum atomic E-state index is -0.651. The first-order chi connectivity index (χ1) is 8.89. The van der Waals surface area contributed by atoms with Crippen molar-refractivity contribution in [1.29, 1.82) is 0 Å². The molecule has 0 saturated heterocycles. The molecule has 1 aromatic rings. The van der Waals surface area contributed by atoms with Gasteiger partial charge >= 0.3 is 0 Å². The maximum atomic E-state index is 11.5. The lowest BCUT2D eigenvalue weighted by Gasteiger charge is -2.27. The molecule has 0 saturated carbocycles. The number of hydrogen-bond donors (Lipinski definition) is 2. The van der Waals surface area contributed by atoms with Crippen molar-refractivity contribution in [2.24, 2.45) is 5.73 Å². The predicted molar refractivity (Wildman–Crippen MR) is 77.1 cm³/mol. The normalized spacial score (nSPS) is 14.3. The summed E-state index contributed by atoms with van der Waals surface area (Å²) in [6, 6.07) is 0. The quantitative estimate of drug-likeness (QED) is 0.766. The predicted octanol–water partition coefficient (Wildman–Crippen LogP) is 1.87. The molecule has 108 valence electrons. The number of nitrogens with zero attached hydrogens (tertiary/aromatic N) is 2. The highest BCUT2D eigenvalue weighted by Crippen LogP contribution is 2.15. The second-order valence-corrected chi connectivity index (χ2v) is 5.46. The SMILES string of the molecule is CCCNC(C)(CCCn1cc(Cl)c(C)n1)C(N)=O. The molecule has 1 atom stereocenters. The monoisotopic (exact) mass is 286 g/mol. The number of carbonyl (C=O) groups excluding carboxylic acids is 1. The van der Waals surface area contributed by atoms with Gasteiger partial charge in [0.05, 0.1) is 16.3 Å². The Morgan fingerprint density at radius 2 is 2.32 bits per heavy atom. The van der Waals surface area contributed by atoms with Crippen LogP contribution in [0.15, 0.2) is 6.20 Å². The van der Waals surface area contributed by atoms with Gasteiger partial charge in [0, 0.05) is 12.7 Å². The number of primary amides is 1. The van der Waals surface area contributed by atoms with Gasteiger partial charge in [-0.15, -0.1) is 0 Å². The molecule has 6 heteroatoms. The minimum absolute atomic E-state index is 0.310. The number of aryl methyl sites for hydroxylation is 2. The van der Waals surface area contributed by atoms with Crippen molar-refractivity contribution in [3.05, 3.63) is 16.9 Å². The first-order valence-corrected chi connectivity index (χ1v) is 7.01. The second kappa shape index (κ2) is 6.91. The van der Waals surface area contributed by atoms with Gasteiger partial charge in [0.1, 0.15) is 0 Å². The molecular weight excluding hydrogens is 264 g/mol. The first kappa shape index (κ1) is 16.0. The summed E-state index contributed by atoms with van der Waals surface area (Å²) in [5.41, 5.74) is 5.65. The number of hydrogen-bond acceptors (Lipinski definition) is 3. The van der Waals surface area contributed by atoms with E-state index in [-0.39, 0.29) is 5.91 Å². The van der Waals surface area contributed by atoms with Gasteiger partial charge in [0.15, 0.2) is 0 Å². The summed E-state index contributed by atoms with van der Waals surface area (Å²) in [5, 5.41) is 8.17. The maximum absolute atomic E-state index is 11.5. The van der Waals surface area contributed by atoms with E-state index in [0.717, 1.165) is 31.6 Å². The van der Waals surface area contributed by atoms with Crippen LogP contribution in [-0.2, 0) is 11.3 Å². The van der Waals surface area contributed by atoms with E-state index in [0.29, 0.717) is 11.4 Å². The molecule has 1 amide bonds. The zero-order valence-corrected chi connectivity index (χ0v) is 12.6. The fourth-order valence-electron chi connectivity index (χ4n) is 1.90. The lowest BCUT2D eigenvalue weighted by Crippen LogP contribution is -2.53. The average Bonchev–Trinajstić information content (AvgIpc) is 2.66. The van der Waals surface area contributed by atoms with E-state index in [1.54, 1.807) is 10.9 Å². The van der Waals surface area contributed by atoms with Gasteiger partial charge in [-0.2, -0.15) is 5.10 Å². The van der Waals surface area contributed by atoms with E-state index in [1.165, 1.54) is 0 Å². The molecule has 0 bridgehead atoms. The van der Waals surface area contributed by atoms with Crippen LogP contribution < -0.4 is 11.1 Å². The van der Waals surface area contributed by atoms with Crippen molar-refractivity contribution in [3.8, 4) is 0 Å². The number of carbonyl (C=O) groups is 1. The summed E-state index contributed by atoms with van der Waals surface area (Å²) in [6.45, 7) is 7.29. The molecule has 0 aromatic carbocycles. The lowest BCUT2D eigenvalue weighted by molar-refractivity contribution is -0.124. The van der Waals surface area contributed by atoms with Gasteiger partial charge in [0.2, 0.25) is 5.91 Å². The van der Waals surface area contributed by atoms with Crippen LogP contribution in [0.4, 0.5) is 0 Å². The summed E-state index contributed by atoms with van der Waals surface area (Å²) >= 11 is 5.95. The van der Waals surface area contributed by atoms with Crippen molar-refractivity contribution in [2.75, 3.05) is 6.54 Å². The van der Waals surface area contributed by atoms with Crippen LogP contribution >= 0.6 is 11.6 Å². The Balaban J connectivity index is 2.50. The third-order valence-corrected chi connectivity index (χ3v) is 3.63. The van der Waals surface area contributed by atoms with Crippen molar-refractivity contribution in [2.45, 2.75) is 52.1 Å². The van der Waals surface area contributed by atoms with Crippen LogP contribution in [0, 0.1) is 6.92 Å². The molecule has 1 aromatic heterocycles. The molecule has 0 aliphatic rings. The zero-order chi connectivity index (χ0) is 14.5. The molecule has 0 spiro atoms. The summed E-state index contributed by atoms with van der Waals surface area (Å²) in [4.78, 5) is 11.5. The summed E-state index contributed by atoms with van der Waals surface area (Å²) in [7, 11) is 0. The van der Waals surface area contributed by atoms with E-state index in [1.807, 2.05) is 13.8 Å². The number of rotatable bonds is 8. The van der Waals surface area contributed by atoms with Crippen LogP contribution in [0.2, 0.25) is 5.02 Å². The van der Waals surface area contributed by atoms with Crippen molar-refractivity contribution < 1.29 is 4.79 Å². The Bertz CT molecular complexity index is 413. The molecule has 0 fully saturated rings. The summed E-state index contributed by atoms with van der Waals surface area (Å²) in [6.07, 6.45) is 4.27. The Morgan fingerprint density at radius 1 is 1.63 bits per heavy atom. The highest BCUT2D eigenvalue weighted by atomic mass is 35.5. The molecule has 0 aliphatic heterocycles. The molecular formula is C13H23ClN4O. The van der Waals surface area contributed by atoms with E-state index < -0.39 is 5.54 Å². The smallest absolute Gasteiger partial charge is 0.237 e. The molecule has 1 heterocycles. The van der Waals surface area contributed by atoms with Crippen LogP contribution in [0.25, 0.3) is 0 Å². The van der Waals surface area contributed by atoms with Gasteiger partial charge in [-0.3, -0.25) is 9.48 Å². The molecule has 0 radical (unpaired) electrons. The van der Waals surface area contributed by atoms with Gasteiger partial charge in [-0.1, -0.05) is 18.5 Å². The largest absolute Gasteiger partial charge is 0.368 e. The van der Waals surface area contributed by atoms with E-state index in [4.69, 9.17) is 17.3 Å². The summed E-state index contributed by atoms with van der Waals surface area (Å²) < 4.78 is 1.80. The fraction of sp³-hybridized carbons (Fsp3) is 0.692. The average molecular weight is 287 g/mol. The number of nitrogens with one attached hydrogen (secondary N) is 1. The standard InChI is InChI=1S/C13H23ClN4O/c1-4-7-16-13(3,12(15)19)6-5-8-18-9-11(14)10(2)17-18/h9,16H,4-8H2,1-3H3,(H2,15,19). The van der Waals surface area contributed by atoms with Crippen molar-refractivity contribution >= 4 is 17.5 Å². The third kappa shape index (κ3) is 4.51. The van der Waals surface area contributed by atoms with Gasteiger partial charge in [-0.05, 0) is 39.7 Å². The molecule has 3 N–H and O–H groups in total. The van der Waals surface area contributed by atoms with E-state index in [2.05, 4.69) is 17.3 Å². The first-order valence-electron chi connectivity index (χ1n) is 6.63. The van der Waals surface area contributed by atoms with E-state index in [9.17, 15) is 4.79 Å². The highest BCUT2D eigenvalue weighted by molar-refractivity contribution is 6.31. The number of amides is 1. The van der Waals surface area contributed by atoms with Crippen LogP contribution in [0.1, 0.15) is 38.8 Å². The van der Waals surface area contributed by atoms with Crippen LogP contribution in [0.5, 0.6) is 0 Å². The number of aromatic nitrogens is 2. The fourth-order valence-corrected chi connectivity index (χ4v) is 2.05. The molecule has 1 unspecified atom stereocenters. The maximum Gasteiger partial charge on any atom is 0.237 e. The van der Waals surface area contributed by atoms with Crippen molar-refractivity contribution in [3.63, 3.8) is 0 Å². The molecule has 1 rings (SSSR count). The number of halogens is 1. The van der Waals surface area contributed by atoms with Gasteiger partial charge in [-0.25, -0.2) is 0 Å². The lowest BCUT2D eigenvalue weighted by atomic mass is 9.94. The van der Waals surface area contributed by atoms with Crippen LogP contribution in [-0.4, -0.2) is 27.8 Å². The topological polar surface area (TPSA) is 72.9 Å². The highest BCUT2D eigenvalue weighted by Gasteiger charge is 2.29. The Hall–Kier alpha value is -1.07. The molecule has 5 nitrogen and oxygen atoms in total. The number of nitrogens with two attached hydrogens (primary N) is 1. The Morgan fingerprint density at radius 3 is 2.79 bits per heavy atom. The van der Waals surface area contributed by atoms with Crippen molar-refractivity contribution in [1.82, 2.24) is 15.1 Å². The second-order valence-electron chi connectivity index (χ2n) is 5.05. The van der Waals surface area contributed by atoms with E-state index >= 15 is 0 Å². The molecule has 19 heavy (non-hydrogen) atoms. The Kier molecular flexibility index (Phi) is 5.82. The minimum Gasteiger partial charge on any atom is -0.368 e. The van der Waals surface area contributed by atoms with Gasteiger partial charge < -0.3 is 11.1 Å². The van der Waals surface area contributed by atoms with Crippen LogP contribution in [0.3, 0.4) is 0 Å². The Labute approximate surface area is 119 Å². The molecule has 0 aliphatic carbocycles. The zero-order valence-electron chi connectivity index (χ0n) is 11.9. The summed E-state index contributed by atoms with van der Waals surface area (Å²) in [5.74, 6) is -0.310. The van der Waals surface area contributed by atoms with Gasteiger partial charge in [0.25, 0.3) is 0 Å².